The number of esters is 1. The molecule has 0 radical (unpaired) electrons. The van der Waals surface area contributed by atoms with Crippen molar-refractivity contribution in [2.45, 2.75) is 57.7 Å². The Bertz CT molecular complexity index is 481. The van der Waals surface area contributed by atoms with E-state index in [1.165, 1.54) is 4.90 Å². The molecule has 2 aliphatic heterocycles. The predicted molar refractivity (Wildman–Crippen MR) is 81.3 cm³/mol. The summed E-state index contributed by atoms with van der Waals surface area (Å²) in [6.07, 6.45) is 3.03. The van der Waals surface area contributed by atoms with E-state index < -0.39 is 18.1 Å². The first-order valence-corrected chi connectivity index (χ1v) is 8.12. The Labute approximate surface area is 135 Å². The van der Waals surface area contributed by atoms with E-state index in [2.05, 4.69) is 0 Å². The van der Waals surface area contributed by atoms with E-state index in [4.69, 9.17) is 4.74 Å². The molecule has 2 fully saturated rings. The highest BCUT2D eigenvalue weighted by Gasteiger charge is 2.36. The largest absolute Gasteiger partial charge is 0.461 e. The van der Waals surface area contributed by atoms with Crippen molar-refractivity contribution in [3.05, 3.63) is 0 Å². The number of aldehydes is 1. The molecular formula is C16H24N2O5. The van der Waals surface area contributed by atoms with Gasteiger partial charge in [-0.3, -0.25) is 9.59 Å². The Morgan fingerprint density at radius 2 is 2.09 bits per heavy atom. The van der Waals surface area contributed by atoms with Crippen molar-refractivity contribution >= 4 is 24.6 Å². The molecule has 2 aliphatic rings. The fourth-order valence-corrected chi connectivity index (χ4v) is 3.35. The summed E-state index contributed by atoms with van der Waals surface area (Å²) in [4.78, 5) is 49.3. The van der Waals surface area contributed by atoms with E-state index in [1.54, 1.807) is 11.8 Å². The second kappa shape index (κ2) is 7.57. The molecule has 0 bridgehead atoms. The first kappa shape index (κ1) is 17.4. The third-order valence-electron chi connectivity index (χ3n) is 4.51. The molecule has 7 heteroatoms. The SMILES string of the molecule is CC1CC(C(=O)OC(C)CC(=O)N2CCCC2C=O)N(C=O)C1. The highest BCUT2D eigenvalue weighted by atomic mass is 16.5. The predicted octanol–water partition coefficient (Wildman–Crippen LogP) is 0.365. The first-order chi connectivity index (χ1) is 11.0. The summed E-state index contributed by atoms with van der Waals surface area (Å²) in [5.41, 5.74) is 0. The van der Waals surface area contributed by atoms with Gasteiger partial charge in [-0.15, -0.1) is 0 Å². The van der Waals surface area contributed by atoms with Crippen LogP contribution in [0.2, 0.25) is 0 Å². The van der Waals surface area contributed by atoms with Crippen molar-refractivity contribution in [3.63, 3.8) is 0 Å². The lowest BCUT2D eigenvalue weighted by atomic mass is 10.1. The van der Waals surface area contributed by atoms with E-state index in [0.29, 0.717) is 32.3 Å². The Hall–Kier alpha value is -1.92. The van der Waals surface area contributed by atoms with Crippen molar-refractivity contribution < 1.29 is 23.9 Å². The summed E-state index contributed by atoms with van der Waals surface area (Å²) < 4.78 is 5.34. The monoisotopic (exact) mass is 324 g/mol. The summed E-state index contributed by atoms with van der Waals surface area (Å²) in [5.74, 6) is -0.380. The molecule has 4 unspecified atom stereocenters. The molecule has 0 N–H and O–H groups in total. The van der Waals surface area contributed by atoms with E-state index in [0.717, 1.165) is 12.7 Å². The lowest BCUT2D eigenvalue weighted by Gasteiger charge is -2.24. The lowest BCUT2D eigenvalue weighted by molar-refractivity contribution is -0.157. The van der Waals surface area contributed by atoms with Gasteiger partial charge < -0.3 is 19.3 Å². The fraction of sp³-hybridized carbons (Fsp3) is 0.750. The van der Waals surface area contributed by atoms with Crippen LogP contribution in [0, 0.1) is 5.92 Å². The normalized spacial score (nSPS) is 28.5. The second-order valence-corrected chi connectivity index (χ2v) is 6.54. The second-order valence-electron chi connectivity index (χ2n) is 6.54. The maximum absolute atomic E-state index is 12.2. The maximum Gasteiger partial charge on any atom is 0.329 e. The molecule has 128 valence electrons. The molecule has 7 nitrogen and oxygen atoms in total. The summed E-state index contributed by atoms with van der Waals surface area (Å²) in [6, 6.07) is -0.916. The Morgan fingerprint density at radius 3 is 2.74 bits per heavy atom. The molecule has 2 saturated heterocycles. The van der Waals surface area contributed by atoms with Gasteiger partial charge in [0.25, 0.3) is 0 Å². The van der Waals surface area contributed by atoms with Crippen LogP contribution in [0.3, 0.4) is 0 Å². The standard InChI is InChI=1S/C16H24N2O5/c1-11-6-14(17(8-11)10-20)16(22)23-12(2)7-15(21)18-5-3-4-13(18)9-19/h9-14H,3-8H2,1-2H3. The van der Waals surface area contributed by atoms with Crippen molar-refractivity contribution in [1.82, 2.24) is 9.80 Å². The van der Waals surface area contributed by atoms with Gasteiger partial charge in [0.2, 0.25) is 12.3 Å². The average molecular weight is 324 g/mol. The highest BCUT2D eigenvalue weighted by molar-refractivity contribution is 5.82. The molecule has 0 aromatic heterocycles. The van der Waals surface area contributed by atoms with Crippen LogP contribution in [0.5, 0.6) is 0 Å². The van der Waals surface area contributed by atoms with Crippen LogP contribution in [0.15, 0.2) is 0 Å². The van der Waals surface area contributed by atoms with Crippen LogP contribution < -0.4 is 0 Å². The Morgan fingerprint density at radius 1 is 1.35 bits per heavy atom. The van der Waals surface area contributed by atoms with Crippen LogP contribution in [-0.4, -0.2) is 65.6 Å². The molecule has 0 aromatic rings. The summed E-state index contributed by atoms with van der Waals surface area (Å²) >= 11 is 0. The maximum atomic E-state index is 12.2. The van der Waals surface area contributed by atoms with Crippen LogP contribution in [0.1, 0.15) is 39.5 Å². The van der Waals surface area contributed by atoms with Gasteiger partial charge in [0.15, 0.2) is 0 Å². The van der Waals surface area contributed by atoms with Crippen molar-refractivity contribution in [3.8, 4) is 0 Å². The zero-order valence-electron chi connectivity index (χ0n) is 13.6. The number of hydrogen-bond acceptors (Lipinski definition) is 5. The van der Waals surface area contributed by atoms with Gasteiger partial charge in [-0.05, 0) is 32.1 Å². The number of carbonyl (C=O) groups excluding carboxylic acids is 4. The molecule has 2 heterocycles. The third kappa shape index (κ3) is 4.09. The van der Waals surface area contributed by atoms with Gasteiger partial charge in [0.1, 0.15) is 18.4 Å². The number of hydrogen-bond donors (Lipinski definition) is 0. The van der Waals surface area contributed by atoms with Crippen molar-refractivity contribution in [2.75, 3.05) is 13.1 Å². The minimum atomic E-state index is -0.577. The van der Waals surface area contributed by atoms with Crippen molar-refractivity contribution in [1.29, 1.82) is 0 Å². The Balaban J connectivity index is 1.85. The molecule has 2 amide bonds. The van der Waals surface area contributed by atoms with Gasteiger partial charge in [-0.25, -0.2) is 4.79 Å². The van der Waals surface area contributed by atoms with E-state index in [1.807, 2.05) is 6.92 Å². The van der Waals surface area contributed by atoms with Crippen LogP contribution in [0.25, 0.3) is 0 Å². The zero-order chi connectivity index (χ0) is 17.0. The lowest BCUT2D eigenvalue weighted by Crippen LogP contribution is -2.40. The van der Waals surface area contributed by atoms with Gasteiger partial charge in [0, 0.05) is 13.1 Å². The fourth-order valence-electron chi connectivity index (χ4n) is 3.35. The number of amides is 2. The van der Waals surface area contributed by atoms with Crippen LogP contribution in [0.4, 0.5) is 0 Å². The van der Waals surface area contributed by atoms with Gasteiger partial charge >= 0.3 is 5.97 Å². The van der Waals surface area contributed by atoms with Crippen LogP contribution in [-0.2, 0) is 23.9 Å². The molecule has 0 spiro atoms. The number of nitrogens with zero attached hydrogens (tertiary/aromatic N) is 2. The minimum Gasteiger partial charge on any atom is -0.461 e. The van der Waals surface area contributed by atoms with Gasteiger partial charge in [-0.1, -0.05) is 6.92 Å². The topological polar surface area (TPSA) is 84.0 Å². The van der Waals surface area contributed by atoms with Crippen molar-refractivity contribution in [2.24, 2.45) is 5.92 Å². The molecule has 0 saturated carbocycles. The number of likely N-dealkylation sites (tertiary alicyclic amines) is 2. The summed E-state index contributed by atoms with van der Waals surface area (Å²) in [6.45, 7) is 4.75. The zero-order valence-corrected chi connectivity index (χ0v) is 13.6. The number of carbonyl (C=O) groups is 4. The smallest absolute Gasteiger partial charge is 0.329 e. The highest BCUT2D eigenvalue weighted by Crippen LogP contribution is 2.23. The van der Waals surface area contributed by atoms with E-state index >= 15 is 0 Å². The first-order valence-electron chi connectivity index (χ1n) is 8.12. The summed E-state index contributed by atoms with van der Waals surface area (Å²) in [5, 5.41) is 0. The van der Waals surface area contributed by atoms with Gasteiger partial charge in [-0.2, -0.15) is 0 Å². The third-order valence-corrected chi connectivity index (χ3v) is 4.51. The average Bonchev–Trinajstić information content (AvgIpc) is 3.12. The van der Waals surface area contributed by atoms with Gasteiger partial charge in [0.05, 0.1) is 12.5 Å². The molecule has 2 rings (SSSR count). The van der Waals surface area contributed by atoms with E-state index in [9.17, 15) is 19.2 Å². The number of rotatable bonds is 6. The molecular weight excluding hydrogens is 300 g/mol. The Kier molecular flexibility index (Phi) is 5.74. The molecule has 4 atom stereocenters. The van der Waals surface area contributed by atoms with Crippen LogP contribution >= 0.6 is 0 Å². The minimum absolute atomic E-state index is 0.0550. The number of ether oxygens (including phenoxy) is 1. The summed E-state index contributed by atoms with van der Waals surface area (Å²) in [7, 11) is 0. The molecule has 23 heavy (non-hydrogen) atoms. The van der Waals surface area contributed by atoms with E-state index in [-0.39, 0.29) is 24.3 Å². The quantitative estimate of drug-likeness (QED) is 0.520. The molecule has 0 aliphatic carbocycles. The molecule has 0 aromatic carbocycles.